The Hall–Kier alpha value is -2.42. The number of carboxylic acids is 1. The van der Waals surface area contributed by atoms with Gasteiger partial charge >= 0.3 is 5.97 Å². The molecule has 0 saturated carbocycles. The molecule has 0 aliphatic heterocycles. The lowest BCUT2D eigenvalue weighted by Crippen LogP contribution is -2.59. The summed E-state index contributed by atoms with van der Waals surface area (Å²) < 4.78 is 0. The lowest BCUT2D eigenvalue weighted by Gasteiger charge is -2.24. The van der Waals surface area contributed by atoms with E-state index in [0.717, 1.165) is 6.92 Å². The van der Waals surface area contributed by atoms with Gasteiger partial charge in [-0.25, -0.2) is 4.79 Å². The second kappa shape index (κ2) is 12.1. The molecule has 5 atom stereocenters. The number of aliphatic carboxylic acids is 1. The van der Waals surface area contributed by atoms with Gasteiger partial charge in [0, 0.05) is 5.75 Å². The first-order valence-corrected chi connectivity index (χ1v) is 8.65. The van der Waals surface area contributed by atoms with Gasteiger partial charge in [-0.15, -0.1) is 0 Å². The van der Waals surface area contributed by atoms with Gasteiger partial charge in [0.2, 0.25) is 23.6 Å². The molecule has 10 N–H and O–H groups in total. The molecule has 0 bridgehead atoms. The van der Waals surface area contributed by atoms with Crippen molar-refractivity contribution in [3.05, 3.63) is 0 Å². The Morgan fingerprint density at radius 1 is 1.00 bits per heavy atom. The maximum atomic E-state index is 12.3. The van der Waals surface area contributed by atoms with Crippen LogP contribution in [0.15, 0.2) is 0 Å². The summed E-state index contributed by atoms with van der Waals surface area (Å²) in [6.45, 7) is 0.435. The molecule has 0 radical (unpaired) electrons. The number of nitrogens with one attached hydrogen (secondary N) is 3. The van der Waals surface area contributed by atoms with Gasteiger partial charge in [-0.2, -0.15) is 12.6 Å². The van der Waals surface area contributed by atoms with Gasteiger partial charge < -0.3 is 42.7 Å². The van der Waals surface area contributed by atoms with Crippen molar-refractivity contribution in [1.82, 2.24) is 16.0 Å². The average Bonchev–Trinajstić information content (AvgIpc) is 2.61. The van der Waals surface area contributed by atoms with Gasteiger partial charge in [-0.1, -0.05) is 0 Å². The summed E-state index contributed by atoms with van der Waals surface area (Å²) >= 11 is 3.89. The van der Waals surface area contributed by atoms with Crippen molar-refractivity contribution in [3.63, 3.8) is 0 Å². The summed E-state index contributed by atoms with van der Waals surface area (Å²) in [4.78, 5) is 58.4. The third-order valence-electron chi connectivity index (χ3n) is 3.43. The second-order valence-corrected chi connectivity index (χ2v) is 6.19. The monoisotopic (exact) mass is 423 g/mol. The molecule has 0 aromatic rings. The molecule has 0 fully saturated rings. The van der Waals surface area contributed by atoms with E-state index >= 15 is 0 Å². The summed E-state index contributed by atoms with van der Waals surface area (Å²) in [7, 11) is 0. The number of aliphatic hydroxyl groups excluding tert-OH is 2. The quantitative estimate of drug-likeness (QED) is 0.136. The van der Waals surface area contributed by atoms with Crippen LogP contribution in [0.2, 0.25) is 0 Å². The van der Waals surface area contributed by atoms with Crippen LogP contribution in [0.3, 0.4) is 0 Å². The zero-order valence-corrected chi connectivity index (χ0v) is 15.9. The van der Waals surface area contributed by atoms with E-state index in [1.54, 1.807) is 0 Å². The molecule has 28 heavy (non-hydrogen) atoms. The minimum absolute atomic E-state index is 0.267. The van der Waals surface area contributed by atoms with Gasteiger partial charge in [-0.05, 0) is 6.92 Å². The Morgan fingerprint density at radius 2 is 1.50 bits per heavy atom. The van der Waals surface area contributed by atoms with Crippen LogP contribution in [0.5, 0.6) is 0 Å². The van der Waals surface area contributed by atoms with E-state index < -0.39 is 72.9 Å². The zero-order valence-electron chi connectivity index (χ0n) is 15.0. The highest BCUT2D eigenvalue weighted by atomic mass is 32.1. The van der Waals surface area contributed by atoms with Crippen molar-refractivity contribution >= 4 is 42.2 Å². The van der Waals surface area contributed by atoms with Crippen LogP contribution in [0.4, 0.5) is 0 Å². The number of aliphatic hydroxyl groups is 2. The van der Waals surface area contributed by atoms with E-state index in [9.17, 15) is 29.1 Å². The number of carbonyl (C=O) groups excluding carboxylic acids is 4. The number of carboxylic acid groups (broad SMARTS) is 1. The second-order valence-electron chi connectivity index (χ2n) is 5.83. The fraction of sp³-hybridized carbons (Fsp3) is 0.643. The molecule has 14 heteroatoms. The lowest BCUT2D eigenvalue weighted by molar-refractivity contribution is -0.145. The highest BCUT2D eigenvalue weighted by Gasteiger charge is 2.31. The highest BCUT2D eigenvalue weighted by molar-refractivity contribution is 7.80. The highest BCUT2D eigenvalue weighted by Crippen LogP contribution is 1.99. The first-order chi connectivity index (χ1) is 12.9. The number of thiol groups is 1. The smallest absolute Gasteiger partial charge is 0.328 e. The maximum absolute atomic E-state index is 12.3. The Morgan fingerprint density at radius 3 is 1.89 bits per heavy atom. The molecule has 0 aliphatic rings. The Kier molecular flexibility index (Phi) is 11.1. The van der Waals surface area contributed by atoms with E-state index in [2.05, 4.69) is 23.3 Å². The van der Waals surface area contributed by atoms with Gasteiger partial charge in [0.1, 0.15) is 18.1 Å². The number of rotatable bonds is 12. The standard InChI is InChI=1S/C14H25N5O8S/c1-5(21)10(14(26)27)19-13(25)8(4-28)18-12(24)7(2-9(16)22)17-11(23)6(15)3-20/h5-8,10,20-21,28H,2-4,15H2,1H3,(H2,16,22)(H,17,23)(H,18,24)(H,19,25)(H,26,27). The van der Waals surface area contributed by atoms with E-state index in [1.165, 1.54) is 0 Å². The zero-order chi connectivity index (χ0) is 22.0. The van der Waals surface area contributed by atoms with Crippen LogP contribution < -0.4 is 27.4 Å². The van der Waals surface area contributed by atoms with Gasteiger partial charge in [-0.3, -0.25) is 19.2 Å². The van der Waals surface area contributed by atoms with Crippen molar-refractivity contribution in [2.75, 3.05) is 12.4 Å². The first kappa shape index (κ1) is 25.6. The molecule has 5 unspecified atom stereocenters. The van der Waals surface area contributed by atoms with Crippen molar-refractivity contribution in [2.45, 2.75) is 43.6 Å². The van der Waals surface area contributed by atoms with Gasteiger partial charge in [0.05, 0.1) is 19.1 Å². The SMILES string of the molecule is CC(O)C(NC(=O)C(CS)NC(=O)C(CC(N)=O)NC(=O)C(N)CO)C(=O)O. The van der Waals surface area contributed by atoms with Gasteiger partial charge in [0.15, 0.2) is 6.04 Å². The molecule has 4 amide bonds. The third-order valence-corrected chi connectivity index (χ3v) is 3.80. The van der Waals surface area contributed by atoms with Crippen LogP contribution in [-0.4, -0.2) is 87.5 Å². The molecule has 160 valence electrons. The van der Waals surface area contributed by atoms with E-state index in [4.69, 9.17) is 21.7 Å². The Balaban J connectivity index is 5.21. The molecular weight excluding hydrogens is 398 g/mol. The van der Waals surface area contributed by atoms with Crippen LogP contribution in [0.25, 0.3) is 0 Å². The summed E-state index contributed by atoms with van der Waals surface area (Å²) in [6.07, 6.45) is -2.04. The predicted molar refractivity (Wildman–Crippen MR) is 97.8 cm³/mol. The fourth-order valence-corrected chi connectivity index (χ4v) is 2.14. The summed E-state index contributed by atoms with van der Waals surface area (Å²) in [5.41, 5.74) is 10.4. The molecule has 0 heterocycles. The van der Waals surface area contributed by atoms with Crippen LogP contribution in [0, 0.1) is 0 Å². The minimum atomic E-state index is -1.63. The molecule has 0 spiro atoms. The fourth-order valence-electron chi connectivity index (χ4n) is 1.88. The number of primary amides is 1. The molecule has 0 aromatic heterocycles. The molecule has 13 nitrogen and oxygen atoms in total. The normalized spacial score (nSPS) is 16.0. The van der Waals surface area contributed by atoms with Crippen LogP contribution in [-0.2, 0) is 24.0 Å². The summed E-state index contributed by atoms with van der Waals surface area (Å²) in [5, 5.41) is 33.6. The maximum Gasteiger partial charge on any atom is 0.328 e. The van der Waals surface area contributed by atoms with E-state index in [0.29, 0.717) is 0 Å². The van der Waals surface area contributed by atoms with Crippen molar-refractivity contribution in [2.24, 2.45) is 11.5 Å². The molecule has 0 aliphatic carbocycles. The minimum Gasteiger partial charge on any atom is -0.480 e. The number of hydrogen-bond donors (Lipinski definition) is 9. The topological polar surface area (TPSA) is 234 Å². The number of hydrogen-bond acceptors (Lipinski definition) is 9. The molecule has 0 saturated heterocycles. The number of nitrogens with two attached hydrogens (primary N) is 2. The Bertz CT molecular complexity index is 602. The van der Waals surface area contributed by atoms with Crippen molar-refractivity contribution in [1.29, 1.82) is 0 Å². The van der Waals surface area contributed by atoms with Crippen molar-refractivity contribution < 1.29 is 39.3 Å². The van der Waals surface area contributed by atoms with Crippen LogP contribution in [0.1, 0.15) is 13.3 Å². The largest absolute Gasteiger partial charge is 0.480 e. The third kappa shape index (κ3) is 8.51. The van der Waals surface area contributed by atoms with Gasteiger partial charge in [0.25, 0.3) is 0 Å². The number of amides is 4. The molecular formula is C14H25N5O8S. The lowest BCUT2D eigenvalue weighted by atomic mass is 10.1. The first-order valence-electron chi connectivity index (χ1n) is 8.02. The molecule has 0 rings (SSSR count). The van der Waals surface area contributed by atoms with Crippen molar-refractivity contribution in [3.8, 4) is 0 Å². The summed E-state index contributed by atoms with van der Waals surface area (Å²) in [5.74, 6) is -5.59. The summed E-state index contributed by atoms with van der Waals surface area (Å²) in [6, 6.07) is -5.83. The Labute approximate surface area is 165 Å². The predicted octanol–water partition coefficient (Wildman–Crippen LogP) is -4.97. The van der Waals surface area contributed by atoms with Crippen LogP contribution >= 0.6 is 12.6 Å². The molecule has 0 aromatic carbocycles. The average molecular weight is 423 g/mol. The van der Waals surface area contributed by atoms with E-state index in [1.807, 2.05) is 5.32 Å². The van der Waals surface area contributed by atoms with E-state index in [-0.39, 0.29) is 5.75 Å². The number of carbonyl (C=O) groups is 5.